The van der Waals surface area contributed by atoms with Crippen LogP contribution in [0.25, 0.3) is 0 Å². The molecule has 1 aromatic heterocycles. The molecule has 5 nitrogen and oxygen atoms in total. The Morgan fingerprint density at radius 2 is 2.41 bits per heavy atom. The van der Waals surface area contributed by atoms with Crippen molar-refractivity contribution in [3.05, 3.63) is 12.0 Å². The van der Waals surface area contributed by atoms with Gasteiger partial charge < -0.3 is 4.98 Å². The summed E-state index contributed by atoms with van der Waals surface area (Å²) in [4.78, 5) is 6.87. The lowest BCUT2D eigenvalue weighted by atomic mass is 10.3. The van der Waals surface area contributed by atoms with E-state index in [4.69, 9.17) is 11.6 Å². The van der Waals surface area contributed by atoms with Gasteiger partial charge in [-0.25, -0.2) is 13.4 Å². The van der Waals surface area contributed by atoms with Gasteiger partial charge in [0.1, 0.15) is 5.82 Å². The number of hydrogen-bond donors (Lipinski definition) is 1. The number of nitrogens with one attached hydrogen (secondary N) is 1. The number of halogens is 1. The third-order valence-corrected chi connectivity index (χ3v) is 5.25. The zero-order valence-electron chi connectivity index (χ0n) is 9.69. The monoisotopic (exact) mass is 277 g/mol. The molecular formula is C10H16ClN3O2S. The Balaban J connectivity index is 2.29. The molecule has 96 valence electrons. The molecule has 2 rings (SSSR count). The molecule has 1 aliphatic heterocycles. The quantitative estimate of drug-likeness (QED) is 0.845. The molecule has 0 saturated carbocycles. The molecule has 0 radical (unpaired) electrons. The number of alkyl halides is 1. The van der Waals surface area contributed by atoms with Crippen molar-refractivity contribution >= 4 is 21.6 Å². The minimum Gasteiger partial charge on any atom is -0.332 e. The first kappa shape index (κ1) is 12.9. The zero-order valence-corrected chi connectivity index (χ0v) is 11.3. The molecule has 0 bridgehead atoms. The van der Waals surface area contributed by atoms with Crippen LogP contribution in [-0.4, -0.2) is 41.2 Å². The van der Waals surface area contributed by atoms with Crippen LogP contribution < -0.4 is 0 Å². The highest BCUT2D eigenvalue weighted by Gasteiger charge is 2.35. The summed E-state index contributed by atoms with van der Waals surface area (Å²) in [6, 6.07) is -0.0879. The number of aromatic nitrogens is 2. The topological polar surface area (TPSA) is 66.1 Å². The van der Waals surface area contributed by atoms with E-state index in [0.29, 0.717) is 24.7 Å². The van der Waals surface area contributed by atoms with Crippen LogP contribution in [0.5, 0.6) is 0 Å². The fraction of sp³-hybridized carbons (Fsp3) is 0.700. The third kappa shape index (κ3) is 2.34. The molecule has 7 heteroatoms. The Hall–Kier alpha value is -0.590. The molecule has 1 aliphatic rings. The molecule has 2 heterocycles. The van der Waals surface area contributed by atoms with Gasteiger partial charge in [-0.2, -0.15) is 4.31 Å². The number of H-pyrrole nitrogens is 1. The Labute approximate surface area is 106 Å². The first-order valence-corrected chi connectivity index (χ1v) is 7.68. The van der Waals surface area contributed by atoms with Crippen molar-refractivity contribution in [1.29, 1.82) is 0 Å². The van der Waals surface area contributed by atoms with Crippen molar-refractivity contribution in [3.63, 3.8) is 0 Å². The van der Waals surface area contributed by atoms with E-state index in [1.54, 1.807) is 0 Å². The lowest BCUT2D eigenvalue weighted by Crippen LogP contribution is -2.36. The second-order valence-electron chi connectivity index (χ2n) is 4.11. The minimum atomic E-state index is -3.46. The van der Waals surface area contributed by atoms with Gasteiger partial charge in [-0.1, -0.05) is 6.92 Å². The van der Waals surface area contributed by atoms with Crippen molar-refractivity contribution in [1.82, 2.24) is 14.3 Å². The van der Waals surface area contributed by atoms with E-state index in [2.05, 4.69) is 9.97 Å². The van der Waals surface area contributed by atoms with Crippen LogP contribution in [0.3, 0.4) is 0 Å². The number of nitrogens with zero attached hydrogens (tertiary/aromatic N) is 2. The van der Waals surface area contributed by atoms with Crippen LogP contribution in [-0.2, 0) is 16.4 Å². The van der Waals surface area contributed by atoms with Crippen LogP contribution in [0.15, 0.2) is 11.2 Å². The van der Waals surface area contributed by atoms with Crippen LogP contribution in [0.2, 0.25) is 0 Å². The predicted octanol–water partition coefficient (Wildman–Crippen LogP) is 1.36. The highest BCUT2D eigenvalue weighted by molar-refractivity contribution is 7.89. The first-order chi connectivity index (χ1) is 8.09. The molecule has 0 aromatic carbocycles. The minimum absolute atomic E-state index is 0.0879. The summed E-state index contributed by atoms with van der Waals surface area (Å²) in [5.74, 6) is 1.03. The van der Waals surface area contributed by atoms with E-state index >= 15 is 0 Å². The Kier molecular flexibility index (Phi) is 3.75. The van der Waals surface area contributed by atoms with E-state index in [-0.39, 0.29) is 11.1 Å². The number of aromatic amines is 1. The van der Waals surface area contributed by atoms with Crippen molar-refractivity contribution in [2.45, 2.75) is 37.3 Å². The summed E-state index contributed by atoms with van der Waals surface area (Å²) in [5, 5.41) is 0.173. The van der Waals surface area contributed by atoms with Gasteiger partial charge in [-0.3, -0.25) is 0 Å². The number of hydrogen-bond acceptors (Lipinski definition) is 3. The summed E-state index contributed by atoms with van der Waals surface area (Å²) in [6.45, 7) is 2.47. The molecule has 1 aromatic rings. The SMILES string of the molecule is CCc1ncc(S(=O)(=O)N2CCCC2CCl)[nH]1. The lowest BCUT2D eigenvalue weighted by Gasteiger charge is -2.21. The van der Waals surface area contributed by atoms with Gasteiger partial charge in [0, 0.05) is 24.9 Å². The predicted molar refractivity (Wildman–Crippen MR) is 65.6 cm³/mol. The summed E-state index contributed by atoms with van der Waals surface area (Å²) < 4.78 is 26.1. The number of imidazole rings is 1. The molecule has 1 unspecified atom stereocenters. The molecule has 1 N–H and O–H groups in total. The van der Waals surface area contributed by atoms with Gasteiger partial charge in [0.2, 0.25) is 0 Å². The van der Waals surface area contributed by atoms with Crippen molar-refractivity contribution < 1.29 is 8.42 Å². The molecule has 1 saturated heterocycles. The average Bonchev–Trinajstić information content (AvgIpc) is 2.97. The second-order valence-corrected chi connectivity index (χ2v) is 6.28. The van der Waals surface area contributed by atoms with Crippen LogP contribution in [0.4, 0.5) is 0 Å². The maximum absolute atomic E-state index is 12.3. The second kappa shape index (κ2) is 4.96. The highest BCUT2D eigenvalue weighted by Crippen LogP contribution is 2.25. The average molecular weight is 278 g/mol. The van der Waals surface area contributed by atoms with Gasteiger partial charge in [-0.05, 0) is 12.8 Å². The summed E-state index contributed by atoms with van der Waals surface area (Å²) >= 11 is 5.80. The fourth-order valence-electron chi connectivity index (χ4n) is 2.06. The van der Waals surface area contributed by atoms with Crippen molar-refractivity contribution in [2.75, 3.05) is 12.4 Å². The van der Waals surface area contributed by atoms with E-state index in [1.165, 1.54) is 10.5 Å². The molecule has 1 atom stereocenters. The van der Waals surface area contributed by atoms with Crippen molar-refractivity contribution in [3.8, 4) is 0 Å². The summed E-state index contributed by atoms with van der Waals surface area (Å²) in [7, 11) is -3.46. The third-order valence-electron chi connectivity index (χ3n) is 3.03. The molecule has 17 heavy (non-hydrogen) atoms. The largest absolute Gasteiger partial charge is 0.332 e. The van der Waals surface area contributed by atoms with Gasteiger partial charge in [-0.15, -0.1) is 11.6 Å². The number of aryl methyl sites for hydroxylation is 1. The van der Waals surface area contributed by atoms with E-state index < -0.39 is 10.0 Å². The first-order valence-electron chi connectivity index (χ1n) is 5.71. The van der Waals surface area contributed by atoms with Gasteiger partial charge in [0.25, 0.3) is 10.0 Å². The Morgan fingerprint density at radius 3 is 3.00 bits per heavy atom. The van der Waals surface area contributed by atoms with Gasteiger partial charge in [0.05, 0.1) is 6.20 Å². The van der Waals surface area contributed by atoms with Crippen LogP contribution in [0, 0.1) is 0 Å². The van der Waals surface area contributed by atoms with E-state index in [1.807, 2.05) is 6.92 Å². The normalized spacial score (nSPS) is 22.1. The van der Waals surface area contributed by atoms with Crippen LogP contribution >= 0.6 is 11.6 Å². The molecule has 0 spiro atoms. The fourth-order valence-corrected chi connectivity index (χ4v) is 4.09. The Morgan fingerprint density at radius 1 is 1.65 bits per heavy atom. The zero-order chi connectivity index (χ0) is 12.5. The summed E-state index contributed by atoms with van der Waals surface area (Å²) in [5.41, 5.74) is 0. The molecule has 1 fully saturated rings. The molecular weight excluding hydrogens is 262 g/mol. The molecule has 0 aliphatic carbocycles. The van der Waals surface area contributed by atoms with E-state index in [9.17, 15) is 8.42 Å². The smallest absolute Gasteiger partial charge is 0.260 e. The lowest BCUT2D eigenvalue weighted by molar-refractivity contribution is 0.409. The van der Waals surface area contributed by atoms with Gasteiger partial charge in [0.15, 0.2) is 5.03 Å². The van der Waals surface area contributed by atoms with E-state index in [0.717, 1.165) is 12.8 Å². The van der Waals surface area contributed by atoms with Gasteiger partial charge >= 0.3 is 0 Å². The number of sulfonamides is 1. The van der Waals surface area contributed by atoms with Crippen molar-refractivity contribution in [2.24, 2.45) is 0 Å². The maximum Gasteiger partial charge on any atom is 0.260 e. The Bertz CT molecular complexity index is 485. The number of rotatable bonds is 4. The summed E-state index contributed by atoms with van der Waals surface area (Å²) in [6.07, 6.45) is 3.77. The highest BCUT2D eigenvalue weighted by atomic mass is 35.5. The standard InChI is InChI=1S/C10H16ClN3O2S/c1-2-9-12-7-10(13-9)17(15,16)14-5-3-4-8(14)6-11/h7-8H,2-6H2,1H3,(H,12,13). The molecule has 0 amide bonds. The maximum atomic E-state index is 12.3. The van der Waals surface area contributed by atoms with Crippen LogP contribution in [0.1, 0.15) is 25.6 Å².